The molecule has 2 rings (SSSR count). The van der Waals surface area contributed by atoms with Gasteiger partial charge in [-0.05, 0) is 61.4 Å². The van der Waals surface area contributed by atoms with Crippen molar-refractivity contribution in [2.24, 2.45) is 10.8 Å². The van der Waals surface area contributed by atoms with Gasteiger partial charge in [-0.1, -0.05) is 0 Å². The van der Waals surface area contributed by atoms with E-state index < -0.39 is 6.03 Å². The Balaban J connectivity index is 2.29. The summed E-state index contributed by atoms with van der Waals surface area (Å²) >= 11 is 0. The molecule has 19 heavy (non-hydrogen) atoms. The Morgan fingerprint density at radius 2 is 2.16 bits per heavy atom. The first-order chi connectivity index (χ1) is 9.22. The van der Waals surface area contributed by atoms with Crippen LogP contribution < -0.4 is 15.9 Å². The van der Waals surface area contributed by atoms with Crippen LogP contribution >= 0.6 is 0 Å². The third-order valence-electron chi connectivity index (χ3n) is 3.21. The van der Waals surface area contributed by atoms with Gasteiger partial charge < -0.3 is 10.5 Å². The van der Waals surface area contributed by atoms with E-state index in [2.05, 4.69) is 10.5 Å². The largest absolute Gasteiger partial charge is 0.494 e. The lowest BCUT2D eigenvalue weighted by atomic mass is 9.88. The Morgan fingerprint density at radius 1 is 1.42 bits per heavy atom. The van der Waals surface area contributed by atoms with E-state index >= 15 is 0 Å². The van der Waals surface area contributed by atoms with Crippen LogP contribution in [0, 0.1) is 0 Å². The van der Waals surface area contributed by atoms with Crippen LogP contribution in [0.3, 0.4) is 0 Å². The van der Waals surface area contributed by atoms with Gasteiger partial charge in [0.25, 0.3) is 0 Å². The van der Waals surface area contributed by atoms with E-state index in [1.54, 1.807) is 6.21 Å². The zero-order chi connectivity index (χ0) is 13.7. The maximum Gasteiger partial charge on any atom is 0.332 e. The minimum absolute atomic E-state index is 0.656. The van der Waals surface area contributed by atoms with Crippen LogP contribution in [0.2, 0.25) is 0 Å². The lowest BCUT2D eigenvalue weighted by Crippen LogP contribution is -2.24. The van der Waals surface area contributed by atoms with E-state index in [0.717, 1.165) is 24.2 Å². The molecule has 0 radical (unpaired) electrons. The summed E-state index contributed by atoms with van der Waals surface area (Å²) in [6.45, 7) is 2.66. The molecule has 0 bridgehead atoms. The van der Waals surface area contributed by atoms with Crippen molar-refractivity contribution in [2.75, 3.05) is 6.61 Å². The lowest BCUT2D eigenvalue weighted by molar-refractivity contribution is 0.249. The molecule has 0 fully saturated rings. The number of carbonyl (C=O) groups excluding carboxylic acids is 1. The van der Waals surface area contributed by atoms with Crippen LogP contribution in [0.15, 0.2) is 17.2 Å². The number of benzene rings is 1. The summed E-state index contributed by atoms with van der Waals surface area (Å²) in [6, 6.07) is 3.29. The molecule has 0 saturated heterocycles. The molecule has 3 N–H and O–H groups in total. The molecule has 0 unspecified atom stereocenters. The van der Waals surface area contributed by atoms with Gasteiger partial charge in [0.1, 0.15) is 5.75 Å². The van der Waals surface area contributed by atoms with Crippen LogP contribution in [-0.2, 0) is 12.8 Å². The molecule has 102 valence electrons. The Bertz CT molecular complexity index is 498. The minimum Gasteiger partial charge on any atom is -0.494 e. The van der Waals surface area contributed by atoms with Gasteiger partial charge in [-0.3, -0.25) is 0 Å². The first kappa shape index (κ1) is 13.4. The van der Waals surface area contributed by atoms with Crippen molar-refractivity contribution in [3.05, 3.63) is 28.8 Å². The van der Waals surface area contributed by atoms with Crippen molar-refractivity contribution in [3.63, 3.8) is 0 Å². The standard InChI is InChI=1S/C14H19N3O2/c1-2-19-13-8-7-10(9-16-17-14(15)18)11-5-3-4-6-12(11)13/h7-9H,2-6H2,1H3,(H3,15,17,18). The van der Waals surface area contributed by atoms with Crippen molar-refractivity contribution in [1.82, 2.24) is 5.43 Å². The Kier molecular flexibility index (Phi) is 4.39. The number of hydrogen-bond donors (Lipinski definition) is 2. The molecule has 0 spiro atoms. The molecule has 5 nitrogen and oxygen atoms in total. The average Bonchev–Trinajstić information content (AvgIpc) is 2.41. The topological polar surface area (TPSA) is 76.7 Å². The van der Waals surface area contributed by atoms with Crippen LogP contribution in [0.1, 0.15) is 36.5 Å². The van der Waals surface area contributed by atoms with Crippen molar-refractivity contribution in [3.8, 4) is 5.75 Å². The summed E-state index contributed by atoms with van der Waals surface area (Å²) < 4.78 is 5.67. The van der Waals surface area contributed by atoms with E-state index in [1.807, 2.05) is 19.1 Å². The summed E-state index contributed by atoms with van der Waals surface area (Å²) in [5.74, 6) is 0.970. The summed E-state index contributed by atoms with van der Waals surface area (Å²) in [5.41, 5.74) is 10.8. The van der Waals surface area contributed by atoms with E-state index in [1.165, 1.54) is 24.0 Å². The number of nitrogens with one attached hydrogen (secondary N) is 1. The number of hydrazone groups is 1. The predicted molar refractivity (Wildman–Crippen MR) is 74.6 cm³/mol. The number of nitrogens with zero attached hydrogens (tertiary/aromatic N) is 1. The zero-order valence-electron chi connectivity index (χ0n) is 11.1. The van der Waals surface area contributed by atoms with Gasteiger partial charge >= 0.3 is 6.03 Å². The van der Waals surface area contributed by atoms with Crippen molar-refractivity contribution >= 4 is 12.2 Å². The fourth-order valence-corrected chi connectivity index (χ4v) is 2.44. The number of carbonyl (C=O) groups is 1. The molecule has 5 heteroatoms. The smallest absolute Gasteiger partial charge is 0.332 e. The maximum absolute atomic E-state index is 10.6. The van der Waals surface area contributed by atoms with E-state index in [-0.39, 0.29) is 0 Å². The molecule has 0 heterocycles. The van der Waals surface area contributed by atoms with E-state index in [0.29, 0.717) is 6.61 Å². The number of fused-ring (bicyclic) bond motifs is 1. The summed E-state index contributed by atoms with van der Waals surface area (Å²) in [7, 11) is 0. The number of ether oxygens (including phenoxy) is 1. The molecule has 1 aromatic rings. The molecule has 0 aliphatic heterocycles. The summed E-state index contributed by atoms with van der Waals surface area (Å²) in [6.07, 6.45) is 6.06. The van der Waals surface area contributed by atoms with E-state index in [4.69, 9.17) is 10.5 Å². The number of nitrogens with two attached hydrogens (primary N) is 1. The van der Waals surface area contributed by atoms with Gasteiger partial charge in [-0.25, -0.2) is 10.2 Å². The van der Waals surface area contributed by atoms with Gasteiger partial charge in [0.15, 0.2) is 0 Å². The number of primary amides is 1. The average molecular weight is 261 g/mol. The maximum atomic E-state index is 10.6. The van der Waals surface area contributed by atoms with Gasteiger partial charge in [0.05, 0.1) is 12.8 Å². The van der Waals surface area contributed by atoms with E-state index in [9.17, 15) is 4.79 Å². The molecule has 0 atom stereocenters. The SMILES string of the molecule is CCOc1ccc(C=NNC(N)=O)c2c1CCCC2. The lowest BCUT2D eigenvalue weighted by Gasteiger charge is -2.21. The first-order valence-corrected chi connectivity index (χ1v) is 6.58. The fourth-order valence-electron chi connectivity index (χ4n) is 2.44. The Hall–Kier alpha value is -2.04. The highest BCUT2D eigenvalue weighted by atomic mass is 16.5. The van der Waals surface area contributed by atoms with Crippen molar-refractivity contribution < 1.29 is 9.53 Å². The molecule has 1 aliphatic carbocycles. The molecule has 1 aromatic carbocycles. The summed E-state index contributed by atoms with van der Waals surface area (Å²) in [4.78, 5) is 10.6. The quantitative estimate of drug-likeness (QED) is 0.642. The highest BCUT2D eigenvalue weighted by Crippen LogP contribution is 2.31. The summed E-state index contributed by atoms with van der Waals surface area (Å²) in [5, 5.41) is 3.83. The molecular weight excluding hydrogens is 242 g/mol. The number of urea groups is 1. The van der Waals surface area contributed by atoms with Crippen LogP contribution in [0.5, 0.6) is 5.75 Å². The number of amides is 2. The second-order valence-corrected chi connectivity index (χ2v) is 4.48. The highest BCUT2D eigenvalue weighted by molar-refractivity contribution is 5.84. The van der Waals surface area contributed by atoms with Crippen molar-refractivity contribution in [1.29, 1.82) is 0 Å². The monoisotopic (exact) mass is 261 g/mol. The van der Waals surface area contributed by atoms with Crippen molar-refractivity contribution in [2.45, 2.75) is 32.6 Å². The van der Waals surface area contributed by atoms with Gasteiger partial charge in [-0.2, -0.15) is 5.10 Å². The Morgan fingerprint density at radius 3 is 2.84 bits per heavy atom. The number of hydrogen-bond acceptors (Lipinski definition) is 3. The third kappa shape index (κ3) is 3.24. The molecule has 1 aliphatic rings. The zero-order valence-corrected chi connectivity index (χ0v) is 11.1. The molecular formula is C14H19N3O2. The Labute approximate surface area is 112 Å². The normalized spacial score (nSPS) is 14.2. The number of rotatable bonds is 4. The first-order valence-electron chi connectivity index (χ1n) is 6.58. The van der Waals surface area contributed by atoms with Crippen LogP contribution in [0.4, 0.5) is 4.79 Å². The third-order valence-corrected chi connectivity index (χ3v) is 3.21. The van der Waals surface area contributed by atoms with Gasteiger partial charge in [-0.15, -0.1) is 0 Å². The second kappa shape index (κ2) is 6.22. The predicted octanol–water partition coefficient (Wildman–Crippen LogP) is 1.97. The molecule has 0 aromatic heterocycles. The highest BCUT2D eigenvalue weighted by Gasteiger charge is 2.16. The van der Waals surface area contributed by atoms with Crippen LogP contribution in [-0.4, -0.2) is 18.9 Å². The fraction of sp³-hybridized carbons (Fsp3) is 0.429. The molecule has 0 saturated carbocycles. The minimum atomic E-state index is -0.656. The van der Waals surface area contributed by atoms with Gasteiger partial charge in [0, 0.05) is 0 Å². The van der Waals surface area contributed by atoms with Gasteiger partial charge in [0.2, 0.25) is 0 Å². The second-order valence-electron chi connectivity index (χ2n) is 4.48. The molecule has 2 amide bonds. The van der Waals surface area contributed by atoms with Crippen LogP contribution in [0.25, 0.3) is 0 Å².